The van der Waals surface area contributed by atoms with Crippen LogP contribution in [0.3, 0.4) is 0 Å². The second kappa shape index (κ2) is 6.42. The molecule has 1 amide bonds. The van der Waals surface area contributed by atoms with Crippen molar-refractivity contribution in [3.63, 3.8) is 0 Å². The Morgan fingerprint density at radius 1 is 1.09 bits per heavy atom. The van der Waals surface area contributed by atoms with Crippen LogP contribution >= 0.6 is 23.2 Å². The molecule has 1 saturated heterocycles. The third-order valence-electron chi connectivity index (χ3n) is 3.97. The van der Waals surface area contributed by atoms with Crippen LogP contribution in [-0.4, -0.2) is 12.0 Å². The summed E-state index contributed by atoms with van der Waals surface area (Å²) in [6.45, 7) is 4.29. The number of hydrogen-bond donors (Lipinski definition) is 1. The summed E-state index contributed by atoms with van der Waals surface area (Å²) in [7, 11) is 0. The maximum Gasteiger partial charge on any atom is 0.264 e. The zero-order valence-electron chi connectivity index (χ0n) is 12.8. The van der Waals surface area contributed by atoms with Gasteiger partial charge >= 0.3 is 0 Å². The first kappa shape index (κ1) is 16.2. The summed E-state index contributed by atoms with van der Waals surface area (Å²) < 4.78 is 5.79. The van der Waals surface area contributed by atoms with Crippen molar-refractivity contribution >= 4 is 29.1 Å². The molecule has 1 aliphatic rings. The van der Waals surface area contributed by atoms with Gasteiger partial charge in [-0.1, -0.05) is 61.3 Å². The van der Waals surface area contributed by atoms with Crippen LogP contribution in [0.4, 0.5) is 0 Å². The van der Waals surface area contributed by atoms with E-state index >= 15 is 0 Å². The van der Waals surface area contributed by atoms with E-state index in [1.807, 2.05) is 12.1 Å². The van der Waals surface area contributed by atoms with Crippen molar-refractivity contribution in [3.05, 3.63) is 63.6 Å². The highest BCUT2D eigenvalue weighted by molar-refractivity contribution is 6.35. The van der Waals surface area contributed by atoms with E-state index in [2.05, 4.69) is 31.3 Å². The van der Waals surface area contributed by atoms with E-state index in [9.17, 15) is 4.79 Å². The molecule has 120 valence electrons. The summed E-state index contributed by atoms with van der Waals surface area (Å²) >= 11 is 12.0. The molecule has 5 heteroatoms. The van der Waals surface area contributed by atoms with E-state index in [4.69, 9.17) is 27.9 Å². The number of amides is 1. The Bertz CT molecular complexity index is 728. The molecule has 0 aromatic heterocycles. The highest BCUT2D eigenvalue weighted by atomic mass is 35.5. The van der Waals surface area contributed by atoms with Gasteiger partial charge in [0.15, 0.2) is 0 Å². The van der Waals surface area contributed by atoms with E-state index in [0.29, 0.717) is 21.7 Å². The topological polar surface area (TPSA) is 38.3 Å². The summed E-state index contributed by atoms with van der Waals surface area (Å²) in [6, 6.07) is 13.0. The van der Waals surface area contributed by atoms with Crippen LogP contribution in [-0.2, 0) is 4.79 Å². The quantitative estimate of drug-likeness (QED) is 0.809. The maximum atomic E-state index is 11.9. The molecule has 1 heterocycles. The zero-order valence-corrected chi connectivity index (χ0v) is 14.4. The minimum Gasteiger partial charge on any atom is -0.476 e. The van der Waals surface area contributed by atoms with E-state index in [0.717, 1.165) is 5.56 Å². The lowest BCUT2D eigenvalue weighted by Gasteiger charge is -2.37. The van der Waals surface area contributed by atoms with Gasteiger partial charge in [-0.25, -0.2) is 0 Å². The summed E-state index contributed by atoms with van der Waals surface area (Å²) in [5.74, 6) is 0.786. The van der Waals surface area contributed by atoms with Crippen molar-refractivity contribution in [3.8, 4) is 5.75 Å². The second-order valence-corrected chi connectivity index (χ2v) is 6.76. The zero-order chi connectivity index (χ0) is 16.6. The van der Waals surface area contributed by atoms with E-state index in [-0.39, 0.29) is 11.9 Å². The smallest absolute Gasteiger partial charge is 0.264 e. The van der Waals surface area contributed by atoms with Crippen LogP contribution in [0, 0.1) is 0 Å². The molecule has 1 aliphatic heterocycles. The number of carbonyl (C=O) groups excluding carboxylic acids is 1. The van der Waals surface area contributed by atoms with Gasteiger partial charge in [0.05, 0.1) is 5.02 Å². The van der Waals surface area contributed by atoms with E-state index < -0.39 is 6.10 Å². The molecule has 2 aromatic rings. The second-order valence-electron chi connectivity index (χ2n) is 5.92. The molecule has 0 spiro atoms. The lowest BCUT2D eigenvalue weighted by Crippen LogP contribution is -2.58. The molecular weight excluding hydrogens is 333 g/mol. The molecular formula is C18H17Cl2NO2. The van der Waals surface area contributed by atoms with Crippen molar-refractivity contribution in [2.75, 3.05) is 0 Å². The Morgan fingerprint density at radius 2 is 1.78 bits per heavy atom. The van der Waals surface area contributed by atoms with Crippen molar-refractivity contribution < 1.29 is 9.53 Å². The number of benzene rings is 2. The molecule has 0 saturated carbocycles. The van der Waals surface area contributed by atoms with Gasteiger partial charge in [-0.3, -0.25) is 4.79 Å². The van der Waals surface area contributed by atoms with Gasteiger partial charge in [-0.2, -0.15) is 0 Å². The summed E-state index contributed by atoms with van der Waals surface area (Å²) in [4.78, 5) is 11.9. The van der Waals surface area contributed by atoms with Gasteiger partial charge in [0.25, 0.3) is 5.91 Å². The van der Waals surface area contributed by atoms with Crippen molar-refractivity contribution in [1.82, 2.24) is 5.32 Å². The maximum absolute atomic E-state index is 11.9. The van der Waals surface area contributed by atoms with Crippen LogP contribution in [0.15, 0.2) is 42.5 Å². The summed E-state index contributed by atoms with van der Waals surface area (Å²) in [5, 5.41) is 3.80. The minimum absolute atomic E-state index is 0.144. The third-order valence-corrected chi connectivity index (χ3v) is 4.50. The average Bonchev–Trinajstić information content (AvgIpc) is 2.51. The Morgan fingerprint density at radius 3 is 2.35 bits per heavy atom. The Balaban J connectivity index is 1.77. The Labute approximate surface area is 145 Å². The van der Waals surface area contributed by atoms with Crippen molar-refractivity contribution in [2.45, 2.75) is 31.9 Å². The Hall–Kier alpha value is -1.71. The highest BCUT2D eigenvalue weighted by Crippen LogP contribution is 2.34. The molecule has 1 fully saturated rings. The first-order chi connectivity index (χ1) is 11.0. The Kier molecular flexibility index (Phi) is 4.51. The number of ether oxygens (including phenoxy) is 1. The normalized spacial score (nSPS) is 20.1. The van der Waals surface area contributed by atoms with Crippen LogP contribution in [0.25, 0.3) is 0 Å². The first-order valence-electron chi connectivity index (χ1n) is 7.47. The fraction of sp³-hybridized carbons (Fsp3) is 0.278. The molecule has 1 N–H and O–H groups in total. The molecule has 2 atom stereocenters. The minimum atomic E-state index is -0.585. The molecule has 2 aromatic carbocycles. The lowest BCUT2D eigenvalue weighted by atomic mass is 9.92. The number of nitrogens with one attached hydrogen (secondary N) is 1. The predicted octanol–water partition coefficient (Wildman–Crippen LogP) is 4.74. The molecule has 0 aliphatic carbocycles. The van der Waals surface area contributed by atoms with Crippen molar-refractivity contribution in [1.29, 1.82) is 0 Å². The average molecular weight is 350 g/mol. The van der Waals surface area contributed by atoms with E-state index in [1.54, 1.807) is 18.2 Å². The van der Waals surface area contributed by atoms with Gasteiger partial charge < -0.3 is 10.1 Å². The van der Waals surface area contributed by atoms with Crippen LogP contribution < -0.4 is 10.1 Å². The molecule has 0 unspecified atom stereocenters. The highest BCUT2D eigenvalue weighted by Gasteiger charge is 2.42. The lowest BCUT2D eigenvalue weighted by molar-refractivity contribution is -0.140. The standard InChI is InChI=1S/C18H17Cl2NO2/c1-10(2)11-3-5-12(6-4-11)16-17(18(22)21-16)23-15-8-7-13(19)9-14(15)20/h3-10,16-17H,1-2H3,(H,21,22)/t16-,17+/m0/s1. The van der Waals surface area contributed by atoms with Gasteiger partial charge in [0, 0.05) is 5.02 Å². The number of halogens is 2. The van der Waals surface area contributed by atoms with Crippen LogP contribution in [0.5, 0.6) is 5.75 Å². The van der Waals surface area contributed by atoms with Crippen LogP contribution in [0.1, 0.15) is 36.9 Å². The van der Waals surface area contributed by atoms with E-state index in [1.165, 1.54) is 5.56 Å². The predicted molar refractivity (Wildman–Crippen MR) is 92.3 cm³/mol. The van der Waals surface area contributed by atoms with Gasteiger partial charge in [0.2, 0.25) is 6.10 Å². The monoisotopic (exact) mass is 349 g/mol. The fourth-order valence-corrected chi connectivity index (χ4v) is 2.99. The van der Waals surface area contributed by atoms with Gasteiger partial charge in [0.1, 0.15) is 11.8 Å². The van der Waals surface area contributed by atoms with Crippen molar-refractivity contribution in [2.24, 2.45) is 0 Å². The molecule has 3 nitrogen and oxygen atoms in total. The summed E-state index contributed by atoms with van der Waals surface area (Å²) in [5.41, 5.74) is 2.28. The largest absolute Gasteiger partial charge is 0.476 e. The molecule has 0 bridgehead atoms. The first-order valence-corrected chi connectivity index (χ1v) is 8.23. The third kappa shape index (κ3) is 3.31. The van der Waals surface area contributed by atoms with Gasteiger partial charge in [-0.05, 0) is 35.2 Å². The number of rotatable bonds is 4. The molecule has 23 heavy (non-hydrogen) atoms. The number of hydrogen-bond acceptors (Lipinski definition) is 2. The number of β-lactam (4-membered cyclic amide) rings is 1. The van der Waals surface area contributed by atoms with Gasteiger partial charge in [-0.15, -0.1) is 0 Å². The number of carbonyl (C=O) groups is 1. The molecule has 3 rings (SSSR count). The summed E-state index contributed by atoms with van der Waals surface area (Å²) in [6.07, 6.45) is -0.585. The molecule has 0 radical (unpaired) electrons. The van der Waals surface area contributed by atoms with Crippen LogP contribution in [0.2, 0.25) is 10.0 Å². The SMILES string of the molecule is CC(C)c1ccc([C@@H]2NC(=O)[C@@H]2Oc2ccc(Cl)cc2Cl)cc1. The fourth-order valence-electron chi connectivity index (χ4n) is 2.54.